The molecule has 12 heteroatoms. The van der Waals surface area contributed by atoms with Gasteiger partial charge in [-0.2, -0.15) is 10.2 Å². The number of carbonyl (C=O) groups excluding carboxylic acids is 1. The molecule has 4 aromatic heterocycles. The summed E-state index contributed by atoms with van der Waals surface area (Å²) in [5.74, 6) is -0.204. The van der Waals surface area contributed by atoms with Gasteiger partial charge in [-0.3, -0.25) is 9.89 Å². The molecule has 1 amide bonds. The molecule has 0 unspecified atom stereocenters. The molecule has 0 aromatic carbocycles. The average molecular weight is 486 g/mol. The number of hydrogen-bond donors (Lipinski definition) is 3. The minimum Gasteiger partial charge on any atom is -0.347 e. The SMILES string of the molecule is CS(=O)(=O)N[C@H]1CCCC[C@@H]1NC(=O)c1cc(-c2cnn3cc(-c4cn[nH]c4)cnc23)cs1. The first-order valence-corrected chi connectivity index (χ1v) is 13.3. The van der Waals surface area contributed by atoms with Gasteiger partial charge in [-0.05, 0) is 29.9 Å². The number of thiophene rings is 1. The molecule has 4 aromatic rings. The Labute approximate surface area is 194 Å². The summed E-state index contributed by atoms with van der Waals surface area (Å²) in [4.78, 5) is 18.0. The quantitative estimate of drug-likeness (QED) is 0.384. The van der Waals surface area contributed by atoms with E-state index in [9.17, 15) is 13.2 Å². The summed E-state index contributed by atoms with van der Waals surface area (Å²) in [5, 5.41) is 16.1. The first-order valence-electron chi connectivity index (χ1n) is 10.6. The molecule has 5 rings (SSSR count). The highest BCUT2D eigenvalue weighted by Crippen LogP contribution is 2.30. The molecule has 172 valence electrons. The maximum atomic E-state index is 12.9. The lowest BCUT2D eigenvalue weighted by Crippen LogP contribution is -2.52. The molecular formula is C21H23N7O3S2. The number of nitrogens with zero attached hydrogens (tertiary/aromatic N) is 4. The summed E-state index contributed by atoms with van der Waals surface area (Å²) in [6.45, 7) is 0. The average Bonchev–Trinajstić information content (AvgIpc) is 3.53. The van der Waals surface area contributed by atoms with Crippen LogP contribution in [0.5, 0.6) is 0 Å². The molecule has 1 aliphatic carbocycles. The summed E-state index contributed by atoms with van der Waals surface area (Å²) in [7, 11) is -3.34. The molecule has 0 aliphatic heterocycles. The summed E-state index contributed by atoms with van der Waals surface area (Å²) in [6.07, 6.45) is 13.4. The van der Waals surface area contributed by atoms with Gasteiger partial charge < -0.3 is 5.32 Å². The zero-order valence-electron chi connectivity index (χ0n) is 17.9. The number of aromatic amines is 1. The van der Waals surface area contributed by atoms with Crippen molar-refractivity contribution in [2.24, 2.45) is 0 Å². The number of carbonyl (C=O) groups is 1. The molecule has 33 heavy (non-hydrogen) atoms. The summed E-state index contributed by atoms with van der Waals surface area (Å²) < 4.78 is 27.8. The smallest absolute Gasteiger partial charge is 0.261 e. The number of aromatic nitrogens is 5. The van der Waals surface area contributed by atoms with E-state index in [2.05, 4.69) is 30.3 Å². The van der Waals surface area contributed by atoms with Gasteiger partial charge >= 0.3 is 0 Å². The Morgan fingerprint density at radius 1 is 1.15 bits per heavy atom. The number of sulfonamides is 1. The second kappa shape index (κ2) is 8.69. The fraction of sp³-hybridized carbons (Fsp3) is 0.333. The third-order valence-electron chi connectivity index (χ3n) is 5.77. The standard InChI is InChI=1S/C21H23N7O3S2/c1-33(30,31)27-18-5-3-2-4-17(18)26-21(29)19-6-13(12-32-19)16-10-25-28-11-15(7-22-20(16)28)14-8-23-24-9-14/h6-12,17-18,27H,2-5H2,1H3,(H,23,24)(H,26,29)/t17-,18-/m0/s1. The van der Waals surface area contributed by atoms with Gasteiger partial charge in [0.1, 0.15) is 0 Å². The molecule has 3 N–H and O–H groups in total. The van der Waals surface area contributed by atoms with Crippen molar-refractivity contribution in [2.45, 2.75) is 37.8 Å². The van der Waals surface area contributed by atoms with Gasteiger partial charge in [-0.1, -0.05) is 12.8 Å². The summed E-state index contributed by atoms with van der Waals surface area (Å²) >= 11 is 1.34. The predicted octanol–water partition coefficient (Wildman–Crippen LogP) is 2.44. The maximum Gasteiger partial charge on any atom is 0.261 e. The normalized spacial score (nSPS) is 19.1. The zero-order chi connectivity index (χ0) is 23.0. The van der Waals surface area contributed by atoms with Crippen LogP contribution >= 0.6 is 11.3 Å². The molecule has 0 bridgehead atoms. The van der Waals surface area contributed by atoms with Crippen LogP contribution in [0, 0.1) is 0 Å². The van der Waals surface area contributed by atoms with Crippen LogP contribution in [0.3, 0.4) is 0 Å². The van der Waals surface area contributed by atoms with Crippen molar-refractivity contribution >= 4 is 32.9 Å². The van der Waals surface area contributed by atoms with E-state index >= 15 is 0 Å². The van der Waals surface area contributed by atoms with Crippen LogP contribution in [0.25, 0.3) is 27.9 Å². The lowest BCUT2D eigenvalue weighted by Gasteiger charge is -2.32. The molecule has 1 saturated carbocycles. The Morgan fingerprint density at radius 2 is 1.97 bits per heavy atom. The molecule has 0 saturated heterocycles. The van der Waals surface area contributed by atoms with E-state index in [4.69, 9.17) is 0 Å². The van der Waals surface area contributed by atoms with Gasteiger partial charge in [0, 0.05) is 47.4 Å². The lowest BCUT2D eigenvalue weighted by molar-refractivity contribution is 0.0923. The van der Waals surface area contributed by atoms with Crippen LogP contribution in [0.4, 0.5) is 0 Å². The van der Waals surface area contributed by atoms with Crippen molar-refractivity contribution in [1.82, 2.24) is 34.8 Å². The third kappa shape index (κ3) is 4.68. The Balaban J connectivity index is 1.34. The zero-order valence-corrected chi connectivity index (χ0v) is 19.5. The molecule has 2 atom stereocenters. The fourth-order valence-corrected chi connectivity index (χ4v) is 5.83. The Morgan fingerprint density at radius 3 is 2.73 bits per heavy atom. The second-order valence-corrected chi connectivity index (χ2v) is 10.9. The Kier molecular flexibility index (Phi) is 5.72. The molecule has 10 nitrogen and oxygen atoms in total. The van der Waals surface area contributed by atoms with Gasteiger partial charge in [-0.15, -0.1) is 11.3 Å². The van der Waals surface area contributed by atoms with E-state index < -0.39 is 10.0 Å². The number of nitrogens with one attached hydrogen (secondary N) is 3. The van der Waals surface area contributed by atoms with Crippen molar-refractivity contribution < 1.29 is 13.2 Å². The molecule has 1 aliphatic rings. The van der Waals surface area contributed by atoms with E-state index in [1.54, 1.807) is 29.3 Å². The first kappa shape index (κ1) is 21.7. The van der Waals surface area contributed by atoms with Crippen molar-refractivity contribution in [1.29, 1.82) is 0 Å². The maximum absolute atomic E-state index is 12.9. The van der Waals surface area contributed by atoms with Gasteiger partial charge in [-0.25, -0.2) is 22.6 Å². The number of rotatable bonds is 6. The first-order chi connectivity index (χ1) is 15.9. The predicted molar refractivity (Wildman–Crippen MR) is 125 cm³/mol. The second-order valence-electron chi connectivity index (χ2n) is 8.22. The number of H-pyrrole nitrogens is 1. The van der Waals surface area contributed by atoms with Crippen LogP contribution in [0.2, 0.25) is 0 Å². The van der Waals surface area contributed by atoms with Crippen LogP contribution in [0.15, 0.2) is 42.4 Å². The number of fused-ring (bicyclic) bond motifs is 1. The van der Waals surface area contributed by atoms with Crippen LogP contribution in [0.1, 0.15) is 35.4 Å². The highest BCUT2D eigenvalue weighted by atomic mass is 32.2. The molecule has 4 heterocycles. The van der Waals surface area contributed by atoms with E-state index in [1.807, 2.05) is 17.6 Å². The van der Waals surface area contributed by atoms with Crippen molar-refractivity contribution in [3.63, 3.8) is 0 Å². The Bertz CT molecular complexity index is 1390. The molecular weight excluding hydrogens is 462 g/mol. The monoisotopic (exact) mass is 485 g/mol. The molecule has 0 spiro atoms. The number of amides is 1. The van der Waals surface area contributed by atoms with Crippen molar-refractivity contribution in [3.8, 4) is 22.3 Å². The van der Waals surface area contributed by atoms with Crippen molar-refractivity contribution in [3.05, 3.63) is 47.3 Å². The highest BCUT2D eigenvalue weighted by Gasteiger charge is 2.29. The van der Waals surface area contributed by atoms with E-state index in [0.717, 1.165) is 47.8 Å². The van der Waals surface area contributed by atoms with E-state index in [1.165, 1.54) is 11.3 Å². The third-order valence-corrected chi connectivity index (χ3v) is 7.43. The van der Waals surface area contributed by atoms with Gasteiger partial charge in [0.05, 0.1) is 23.5 Å². The van der Waals surface area contributed by atoms with E-state index in [-0.39, 0.29) is 18.0 Å². The fourth-order valence-electron chi connectivity index (χ4n) is 4.19. The lowest BCUT2D eigenvalue weighted by atomic mass is 9.91. The largest absolute Gasteiger partial charge is 0.347 e. The molecule has 0 radical (unpaired) electrons. The van der Waals surface area contributed by atoms with Gasteiger partial charge in [0.15, 0.2) is 5.65 Å². The van der Waals surface area contributed by atoms with Gasteiger partial charge in [0.25, 0.3) is 5.91 Å². The Hall–Kier alpha value is -3.09. The summed E-state index contributed by atoms with van der Waals surface area (Å²) in [6, 6.07) is 1.31. The van der Waals surface area contributed by atoms with Crippen LogP contribution in [-0.4, -0.2) is 57.5 Å². The van der Waals surface area contributed by atoms with E-state index in [0.29, 0.717) is 16.9 Å². The van der Waals surface area contributed by atoms with Crippen molar-refractivity contribution in [2.75, 3.05) is 6.26 Å². The highest BCUT2D eigenvalue weighted by molar-refractivity contribution is 7.88. The van der Waals surface area contributed by atoms with Crippen LogP contribution in [-0.2, 0) is 10.0 Å². The molecule has 1 fully saturated rings. The minimum absolute atomic E-state index is 0.204. The number of hydrogen-bond acceptors (Lipinski definition) is 7. The van der Waals surface area contributed by atoms with Gasteiger partial charge in [0.2, 0.25) is 10.0 Å². The summed E-state index contributed by atoms with van der Waals surface area (Å²) in [5.41, 5.74) is 4.19. The minimum atomic E-state index is -3.34. The van der Waals surface area contributed by atoms with Crippen LogP contribution < -0.4 is 10.0 Å². The topological polar surface area (TPSA) is 134 Å².